The highest BCUT2D eigenvalue weighted by atomic mass is 31.2. The summed E-state index contributed by atoms with van der Waals surface area (Å²) < 4.78 is 45.1. The van der Waals surface area contributed by atoms with Crippen LogP contribution in [0.1, 0.15) is 0 Å². The second-order valence-electron chi connectivity index (χ2n) is 2.36. The van der Waals surface area contributed by atoms with Gasteiger partial charge in [0.25, 0.3) is 0 Å². The molecule has 0 aromatic heterocycles. The molecular weight excluding hydrogens is 252 g/mol. The molecule has 0 saturated heterocycles. The molecule has 0 unspecified atom stereocenters. The maximum absolute atomic E-state index is 12.5. The number of hydrogen-bond donors (Lipinski definition) is 5. The minimum absolute atomic E-state index is 0.271. The molecule has 0 atom stereocenters. The molecule has 92 valence electrons. The SMILES string of the molecule is FNNc1cc(F)ccc1F.O=P(O)(O)O. The van der Waals surface area contributed by atoms with Gasteiger partial charge in [-0.25, -0.2) is 13.3 Å². The van der Waals surface area contributed by atoms with Gasteiger partial charge in [0.2, 0.25) is 0 Å². The van der Waals surface area contributed by atoms with Crippen LogP contribution in [0.25, 0.3) is 0 Å². The molecule has 0 radical (unpaired) electrons. The van der Waals surface area contributed by atoms with Gasteiger partial charge >= 0.3 is 7.82 Å². The van der Waals surface area contributed by atoms with Gasteiger partial charge in [0, 0.05) is 6.07 Å². The van der Waals surface area contributed by atoms with Crippen LogP contribution in [-0.2, 0) is 4.57 Å². The van der Waals surface area contributed by atoms with Crippen molar-refractivity contribution in [3.8, 4) is 0 Å². The van der Waals surface area contributed by atoms with E-state index in [2.05, 4.69) is 0 Å². The fraction of sp³-hybridized carbons (Fsp3) is 0. The molecule has 0 aliphatic carbocycles. The van der Waals surface area contributed by atoms with Gasteiger partial charge in [0.05, 0.1) is 5.69 Å². The Kier molecular flexibility index (Phi) is 6.01. The molecule has 0 heterocycles. The third-order valence-corrected chi connectivity index (χ3v) is 1.11. The monoisotopic (exact) mass is 260 g/mol. The third kappa shape index (κ3) is 8.21. The third-order valence-electron chi connectivity index (χ3n) is 1.11. The fourth-order valence-electron chi connectivity index (χ4n) is 0.644. The Balaban J connectivity index is 0.000000385. The lowest BCUT2D eigenvalue weighted by atomic mass is 10.3. The zero-order valence-corrected chi connectivity index (χ0v) is 8.46. The molecule has 5 N–H and O–H groups in total. The van der Waals surface area contributed by atoms with E-state index in [0.29, 0.717) is 0 Å². The topological polar surface area (TPSA) is 102 Å². The second kappa shape index (κ2) is 6.46. The number of halogens is 3. The van der Waals surface area contributed by atoms with Crippen LogP contribution in [0.3, 0.4) is 0 Å². The van der Waals surface area contributed by atoms with Crippen LogP contribution in [0, 0.1) is 11.6 Å². The molecule has 0 spiro atoms. The molecule has 0 saturated carbocycles. The summed E-state index contributed by atoms with van der Waals surface area (Å²) in [7, 11) is -4.64. The Hall–Kier alpha value is -1.12. The lowest BCUT2D eigenvalue weighted by Gasteiger charge is -2.01. The van der Waals surface area contributed by atoms with E-state index in [-0.39, 0.29) is 5.69 Å². The molecule has 0 aliphatic rings. The number of hydrazine groups is 1. The lowest BCUT2D eigenvalue weighted by molar-refractivity contribution is 0.275. The van der Waals surface area contributed by atoms with E-state index in [4.69, 9.17) is 19.2 Å². The predicted molar refractivity (Wildman–Crippen MR) is 48.5 cm³/mol. The van der Waals surface area contributed by atoms with E-state index in [0.717, 1.165) is 23.8 Å². The number of benzene rings is 1. The van der Waals surface area contributed by atoms with Crippen molar-refractivity contribution in [2.24, 2.45) is 0 Å². The van der Waals surface area contributed by atoms with Crippen molar-refractivity contribution >= 4 is 13.5 Å². The molecular formula is C6H8F3N2O4P. The van der Waals surface area contributed by atoms with Crippen LogP contribution in [0.2, 0.25) is 0 Å². The summed E-state index contributed by atoms with van der Waals surface area (Å²) in [5, 5.41) is 0. The van der Waals surface area contributed by atoms with Gasteiger partial charge in [-0.2, -0.15) is 0 Å². The first kappa shape index (κ1) is 14.9. The Bertz CT molecular complexity index is 378. The number of nitrogens with one attached hydrogen (secondary N) is 2. The van der Waals surface area contributed by atoms with Gasteiger partial charge < -0.3 is 14.7 Å². The van der Waals surface area contributed by atoms with E-state index in [9.17, 15) is 13.3 Å². The Morgan fingerprint density at radius 2 is 1.69 bits per heavy atom. The van der Waals surface area contributed by atoms with Crippen molar-refractivity contribution in [3.05, 3.63) is 29.8 Å². The van der Waals surface area contributed by atoms with Crippen LogP contribution < -0.4 is 11.1 Å². The standard InChI is InChI=1S/C6H5F3N2.H3O4P/c7-4-1-2-5(8)6(3-4)10-11-9;1-5(2,3)4/h1-3,10-11H;(H3,1,2,3,4). The number of hydrogen-bond acceptors (Lipinski definition) is 3. The van der Waals surface area contributed by atoms with Crippen LogP contribution in [0.5, 0.6) is 0 Å². The predicted octanol–water partition coefficient (Wildman–Crippen LogP) is 0.837. The highest BCUT2D eigenvalue weighted by Crippen LogP contribution is 2.25. The van der Waals surface area contributed by atoms with Gasteiger partial charge in [-0.3, -0.25) is 5.43 Å². The second-order valence-corrected chi connectivity index (χ2v) is 3.38. The first-order valence-corrected chi connectivity index (χ1v) is 5.15. The Morgan fingerprint density at radius 3 is 2.12 bits per heavy atom. The summed E-state index contributed by atoms with van der Waals surface area (Å²) in [4.78, 5) is 21.6. The first-order chi connectivity index (χ1) is 7.24. The Labute approximate surface area is 87.9 Å². The molecule has 0 fully saturated rings. The molecule has 16 heavy (non-hydrogen) atoms. The zero-order valence-electron chi connectivity index (χ0n) is 7.56. The summed E-state index contributed by atoms with van der Waals surface area (Å²) in [6, 6.07) is 2.68. The summed E-state index contributed by atoms with van der Waals surface area (Å²) in [6.45, 7) is 0. The van der Waals surface area contributed by atoms with Crippen molar-refractivity contribution in [2.75, 3.05) is 5.43 Å². The Morgan fingerprint density at radius 1 is 1.19 bits per heavy atom. The van der Waals surface area contributed by atoms with E-state index in [1.807, 2.05) is 0 Å². The van der Waals surface area contributed by atoms with E-state index < -0.39 is 19.5 Å². The van der Waals surface area contributed by atoms with Crippen LogP contribution in [0.4, 0.5) is 18.9 Å². The smallest absolute Gasteiger partial charge is 0.303 e. The molecule has 1 rings (SSSR count). The quantitative estimate of drug-likeness (QED) is 0.307. The summed E-state index contributed by atoms with van der Waals surface area (Å²) >= 11 is 0. The molecule has 0 aliphatic heterocycles. The van der Waals surface area contributed by atoms with E-state index >= 15 is 0 Å². The zero-order chi connectivity index (χ0) is 12.8. The molecule has 0 bridgehead atoms. The number of phosphoric acid groups is 1. The fourth-order valence-corrected chi connectivity index (χ4v) is 0.644. The summed E-state index contributed by atoms with van der Waals surface area (Å²) in [6.07, 6.45) is 0. The maximum atomic E-state index is 12.5. The number of rotatable bonds is 2. The maximum Gasteiger partial charge on any atom is 0.466 e. The van der Waals surface area contributed by atoms with Crippen LogP contribution in [-0.4, -0.2) is 14.7 Å². The average Bonchev–Trinajstić information content (AvgIpc) is 2.09. The number of anilines is 1. The normalized spacial score (nSPS) is 10.4. The highest BCUT2D eigenvalue weighted by molar-refractivity contribution is 7.45. The molecule has 6 nitrogen and oxygen atoms in total. The molecule has 0 amide bonds. The van der Waals surface area contributed by atoms with Gasteiger partial charge in [-0.05, 0) is 12.1 Å². The molecule has 10 heteroatoms. The van der Waals surface area contributed by atoms with Gasteiger partial charge in [-0.15, -0.1) is 4.48 Å². The van der Waals surface area contributed by atoms with E-state index in [1.165, 1.54) is 0 Å². The van der Waals surface area contributed by atoms with Gasteiger partial charge in [0.15, 0.2) is 0 Å². The minimum Gasteiger partial charge on any atom is -0.303 e. The summed E-state index contributed by atoms with van der Waals surface area (Å²) in [5.41, 5.74) is 2.51. The van der Waals surface area contributed by atoms with E-state index in [1.54, 1.807) is 5.43 Å². The van der Waals surface area contributed by atoms with Gasteiger partial charge in [0.1, 0.15) is 11.6 Å². The van der Waals surface area contributed by atoms with Crippen molar-refractivity contribution in [2.45, 2.75) is 0 Å². The largest absolute Gasteiger partial charge is 0.466 e. The van der Waals surface area contributed by atoms with Crippen molar-refractivity contribution in [3.63, 3.8) is 0 Å². The average molecular weight is 260 g/mol. The molecule has 1 aromatic carbocycles. The summed E-state index contributed by atoms with van der Waals surface area (Å²) in [5.74, 6) is -1.36. The van der Waals surface area contributed by atoms with Crippen molar-refractivity contribution < 1.29 is 32.5 Å². The lowest BCUT2D eigenvalue weighted by Crippen LogP contribution is -2.11. The van der Waals surface area contributed by atoms with Gasteiger partial charge in [-0.1, -0.05) is 5.65 Å². The minimum atomic E-state index is -4.64. The van der Waals surface area contributed by atoms with Crippen LogP contribution >= 0.6 is 7.82 Å². The van der Waals surface area contributed by atoms with Crippen LogP contribution in [0.15, 0.2) is 18.2 Å². The van der Waals surface area contributed by atoms with Crippen molar-refractivity contribution in [1.29, 1.82) is 0 Å². The first-order valence-electron chi connectivity index (χ1n) is 3.59. The van der Waals surface area contributed by atoms with Crippen molar-refractivity contribution in [1.82, 2.24) is 5.65 Å². The highest BCUT2D eigenvalue weighted by Gasteiger charge is 2.01. The molecule has 1 aromatic rings.